The van der Waals surface area contributed by atoms with Gasteiger partial charge in [0.1, 0.15) is 12.4 Å². The summed E-state index contributed by atoms with van der Waals surface area (Å²) < 4.78 is 0. The Morgan fingerprint density at radius 1 is 1.53 bits per heavy atom. The molecule has 0 aliphatic carbocycles. The lowest BCUT2D eigenvalue weighted by Gasteiger charge is -2.35. The van der Waals surface area contributed by atoms with Crippen molar-refractivity contribution in [3.8, 4) is 0 Å². The third-order valence-electron chi connectivity index (χ3n) is 2.64. The molecule has 0 fully saturated rings. The molecular formula is C12H17N3O4. The molecule has 0 bridgehead atoms. The third-order valence-corrected chi connectivity index (χ3v) is 2.64. The highest BCUT2D eigenvalue weighted by Crippen LogP contribution is 2.26. The quantitative estimate of drug-likeness (QED) is 0.662. The fourth-order valence-electron chi connectivity index (χ4n) is 1.64. The molecule has 104 valence electrons. The minimum atomic E-state index is -1.01. The van der Waals surface area contributed by atoms with Crippen molar-refractivity contribution in [1.29, 1.82) is 0 Å². The van der Waals surface area contributed by atoms with Gasteiger partial charge in [-0.2, -0.15) is 0 Å². The molecule has 0 saturated heterocycles. The van der Waals surface area contributed by atoms with Crippen LogP contribution in [0.3, 0.4) is 0 Å². The van der Waals surface area contributed by atoms with E-state index in [0.717, 1.165) is 0 Å². The second kappa shape index (κ2) is 5.21. The van der Waals surface area contributed by atoms with Crippen LogP contribution in [0.25, 0.3) is 0 Å². The highest BCUT2D eigenvalue weighted by atomic mass is 16.6. The minimum absolute atomic E-state index is 0.0651. The third kappa shape index (κ3) is 3.64. The van der Waals surface area contributed by atoms with Crippen LogP contribution in [0.15, 0.2) is 12.3 Å². The number of hydrogen-bond acceptors (Lipinski definition) is 5. The summed E-state index contributed by atoms with van der Waals surface area (Å²) in [7, 11) is 0. The smallest absolute Gasteiger partial charge is 0.323 e. The van der Waals surface area contributed by atoms with Crippen LogP contribution in [0, 0.1) is 17.0 Å². The van der Waals surface area contributed by atoms with Gasteiger partial charge in [0.2, 0.25) is 0 Å². The Kier molecular flexibility index (Phi) is 4.08. The number of anilines is 1. The number of carboxylic acid groups (broad SMARTS) is 1. The summed E-state index contributed by atoms with van der Waals surface area (Å²) in [5, 5.41) is 19.8. The zero-order valence-electron chi connectivity index (χ0n) is 11.4. The summed E-state index contributed by atoms with van der Waals surface area (Å²) in [6.45, 7) is 6.79. The van der Waals surface area contributed by atoms with Gasteiger partial charge in [-0.15, -0.1) is 0 Å². The maximum atomic E-state index is 10.9. The zero-order chi connectivity index (χ0) is 14.8. The van der Waals surface area contributed by atoms with Crippen molar-refractivity contribution < 1.29 is 14.8 Å². The first-order valence-corrected chi connectivity index (χ1v) is 5.73. The fourth-order valence-corrected chi connectivity index (χ4v) is 1.64. The maximum Gasteiger partial charge on any atom is 0.323 e. The number of rotatable bonds is 4. The van der Waals surface area contributed by atoms with E-state index in [1.54, 1.807) is 6.92 Å². The fraction of sp³-hybridized carbons (Fsp3) is 0.500. The van der Waals surface area contributed by atoms with Crippen molar-refractivity contribution in [2.75, 3.05) is 11.4 Å². The van der Waals surface area contributed by atoms with Crippen molar-refractivity contribution in [3.05, 3.63) is 27.9 Å². The first-order chi connectivity index (χ1) is 8.62. The second-order valence-electron chi connectivity index (χ2n) is 5.24. The molecule has 19 heavy (non-hydrogen) atoms. The van der Waals surface area contributed by atoms with Crippen LogP contribution in [0.2, 0.25) is 0 Å². The molecule has 0 amide bonds. The van der Waals surface area contributed by atoms with Gasteiger partial charge < -0.3 is 10.0 Å². The summed E-state index contributed by atoms with van der Waals surface area (Å²) in [6.07, 6.45) is 1.38. The van der Waals surface area contributed by atoms with E-state index in [4.69, 9.17) is 5.11 Å². The maximum absolute atomic E-state index is 10.9. The highest BCUT2D eigenvalue weighted by molar-refractivity contribution is 5.74. The number of nitrogens with zero attached hydrogens (tertiary/aromatic N) is 3. The van der Waals surface area contributed by atoms with E-state index < -0.39 is 16.4 Å². The van der Waals surface area contributed by atoms with Crippen molar-refractivity contribution in [1.82, 2.24) is 4.98 Å². The van der Waals surface area contributed by atoms with Crippen LogP contribution in [0.1, 0.15) is 26.3 Å². The molecular weight excluding hydrogens is 250 g/mol. The number of hydrogen-bond donors (Lipinski definition) is 1. The van der Waals surface area contributed by atoms with Crippen LogP contribution in [-0.4, -0.2) is 33.1 Å². The molecule has 0 atom stereocenters. The first kappa shape index (κ1) is 14.9. The van der Waals surface area contributed by atoms with E-state index in [1.165, 1.54) is 17.2 Å². The Morgan fingerprint density at radius 2 is 2.11 bits per heavy atom. The molecule has 1 aromatic rings. The highest BCUT2D eigenvalue weighted by Gasteiger charge is 2.26. The van der Waals surface area contributed by atoms with Gasteiger partial charge in [0.15, 0.2) is 0 Å². The van der Waals surface area contributed by atoms with Gasteiger partial charge in [-0.1, -0.05) is 0 Å². The van der Waals surface area contributed by atoms with Gasteiger partial charge in [0.05, 0.1) is 11.0 Å². The van der Waals surface area contributed by atoms with Gasteiger partial charge in [0.25, 0.3) is 5.69 Å². The number of aliphatic carboxylic acids is 1. The van der Waals surface area contributed by atoms with Crippen molar-refractivity contribution in [2.45, 2.75) is 33.2 Å². The number of aryl methyl sites for hydroxylation is 1. The van der Waals surface area contributed by atoms with E-state index in [-0.39, 0.29) is 18.1 Å². The van der Waals surface area contributed by atoms with Crippen molar-refractivity contribution in [2.24, 2.45) is 0 Å². The average molecular weight is 267 g/mol. The number of carbonyl (C=O) groups is 1. The Balaban J connectivity index is 3.27. The lowest BCUT2D eigenvalue weighted by Crippen LogP contribution is -2.45. The monoisotopic (exact) mass is 267 g/mol. The van der Waals surface area contributed by atoms with Gasteiger partial charge >= 0.3 is 5.97 Å². The van der Waals surface area contributed by atoms with E-state index >= 15 is 0 Å². The first-order valence-electron chi connectivity index (χ1n) is 5.73. The van der Waals surface area contributed by atoms with Gasteiger partial charge in [-0.05, 0) is 27.7 Å². The predicted octanol–water partition coefficient (Wildman–Crippen LogP) is 1.99. The number of pyridine rings is 1. The Morgan fingerprint density at radius 3 is 2.53 bits per heavy atom. The molecule has 1 N–H and O–H groups in total. The summed E-state index contributed by atoms with van der Waals surface area (Å²) in [5.74, 6) is -0.729. The van der Waals surface area contributed by atoms with Crippen LogP contribution in [0.4, 0.5) is 11.5 Å². The lowest BCUT2D eigenvalue weighted by molar-refractivity contribution is -0.385. The molecule has 0 aromatic carbocycles. The molecule has 0 unspecified atom stereocenters. The SMILES string of the molecule is Cc1cnc(N(CC(=O)O)C(C)(C)C)cc1[N+](=O)[O-]. The average Bonchev–Trinajstić information content (AvgIpc) is 2.24. The summed E-state index contributed by atoms with van der Waals surface area (Å²) >= 11 is 0. The number of aromatic nitrogens is 1. The molecule has 7 nitrogen and oxygen atoms in total. The molecule has 0 saturated carbocycles. The van der Waals surface area contributed by atoms with E-state index in [2.05, 4.69) is 4.98 Å². The number of carboxylic acids is 1. The standard InChI is InChI=1S/C12H17N3O4/c1-8-6-13-10(5-9(8)15(18)19)14(7-11(16)17)12(2,3)4/h5-6H,7H2,1-4H3,(H,16,17). The van der Waals surface area contributed by atoms with Gasteiger partial charge in [-0.25, -0.2) is 4.98 Å². The molecule has 7 heteroatoms. The van der Waals surface area contributed by atoms with E-state index in [9.17, 15) is 14.9 Å². The minimum Gasteiger partial charge on any atom is -0.480 e. The van der Waals surface area contributed by atoms with E-state index in [0.29, 0.717) is 5.56 Å². The predicted molar refractivity (Wildman–Crippen MR) is 70.4 cm³/mol. The van der Waals surface area contributed by atoms with Crippen LogP contribution >= 0.6 is 0 Å². The van der Waals surface area contributed by atoms with E-state index in [1.807, 2.05) is 20.8 Å². The number of nitro groups is 1. The molecule has 0 radical (unpaired) electrons. The molecule has 0 aliphatic heterocycles. The molecule has 1 heterocycles. The Bertz CT molecular complexity index is 508. The molecule has 1 rings (SSSR count). The van der Waals surface area contributed by atoms with Crippen molar-refractivity contribution in [3.63, 3.8) is 0 Å². The molecule has 0 spiro atoms. The summed E-state index contributed by atoms with van der Waals surface area (Å²) in [4.78, 5) is 26.9. The summed E-state index contributed by atoms with van der Waals surface area (Å²) in [6, 6.07) is 1.31. The van der Waals surface area contributed by atoms with Crippen LogP contribution in [0.5, 0.6) is 0 Å². The van der Waals surface area contributed by atoms with Crippen LogP contribution in [-0.2, 0) is 4.79 Å². The topological polar surface area (TPSA) is 96.6 Å². The zero-order valence-corrected chi connectivity index (χ0v) is 11.4. The largest absolute Gasteiger partial charge is 0.480 e. The Labute approximate surface area is 111 Å². The molecule has 1 aromatic heterocycles. The van der Waals surface area contributed by atoms with Crippen LogP contribution < -0.4 is 4.90 Å². The second-order valence-corrected chi connectivity index (χ2v) is 5.24. The van der Waals surface area contributed by atoms with Gasteiger partial charge in [-0.3, -0.25) is 14.9 Å². The normalized spacial score (nSPS) is 11.2. The Hall–Kier alpha value is -2.18. The lowest BCUT2D eigenvalue weighted by atomic mass is 10.1. The molecule has 0 aliphatic rings. The van der Waals surface area contributed by atoms with Gasteiger partial charge in [0, 0.05) is 17.3 Å². The summed E-state index contributed by atoms with van der Waals surface area (Å²) in [5.41, 5.74) is -0.128. The van der Waals surface area contributed by atoms with Crippen molar-refractivity contribution >= 4 is 17.5 Å².